The van der Waals surface area contributed by atoms with Crippen molar-refractivity contribution in [3.63, 3.8) is 0 Å². The number of furan rings is 1. The fourth-order valence-electron chi connectivity index (χ4n) is 6.71. The molecule has 1 unspecified atom stereocenters. The Morgan fingerprint density at radius 1 is 0.864 bits per heavy atom. The normalized spacial score (nSPS) is 17.2. The Morgan fingerprint density at radius 3 is 2.57 bits per heavy atom. The monoisotopic (exact) mass is 601 g/mol. The summed E-state index contributed by atoms with van der Waals surface area (Å²) in [6.45, 7) is 2.60. The lowest BCUT2D eigenvalue weighted by molar-refractivity contribution is 0.0959. The fraction of sp³-hybridized carbons (Fsp3) is 0.263. The average molecular weight is 602 g/mol. The van der Waals surface area contributed by atoms with E-state index in [1.54, 1.807) is 6.20 Å². The highest BCUT2D eigenvalue weighted by molar-refractivity contribution is 6.30. The van der Waals surface area contributed by atoms with E-state index < -0.39 is 0 Å². The van der Waals surface area contributed by atoms with Gasteiger partial charge in [-0.15, -0.1) is 0 Å². The Hall–Kier alpha value is -4.19. The van der Waals surface area contributed by atoms with Crippen LogP contribution in [0, 0.1) is 0 Å². The molecule has 3 aromatic carbocycles. The fourth-order valence-corrected chi connectivity index (χ4v) is 6.83. The zero-order valence-electron chi connectivity index (χ0n) is 24.8. The van der Waals surface area contributed by atoms with Crippen LogP contribution >= 0.6 is 11.6 Å². The summed E-state index contributed by atoms with van der Waals surface area (Å²) in [6.07, 6.45) is 10.3. The van der Waals surface area contributed by atoms with Gasteiger partial charge in [-0.3, -0.25) is 9.78 Å². The summed E-state index contributed by atoms with van der Waals surface area (Å²) in [5, 5.41) is 4.24. The Kier molecular flexibility index (Phi) is 8.32. The van der Waals surface area contributed by atoms with Gasteiger partial charge in [0, 0.05) is 46.2 Å². The zero-order valence-corrected chi connectivity index (χ0v) is 25.5. The molecule has 2 aromatic heterocycles. The van der Waals surface area contributed by atoms with E-state index in [1.807, 2.05) is 59.6 Å². The lowest BCUT2D eigenvalue weighted by Gasteiger charge is -2.26. The van der Waals surface area contributed by atoms with Crippen LogP contribution in [-0.2, 0) is 13.0 Å². The van der Waals surface area contributed by atoms with Crippen LogP contribution in [0.5, 0.6) is 0 Å². The Bertz CT molecular complexity index is 1750. The second-order valence-corrected chi connectivity index (χ2v) is 12.3. The number of rotatable bonds is 5. The molecule has 0 aliphatic carbocycles. The van der Waals surface area contributed by atoms with Crippen LogP contribution in [-0.4, -0.2) is 24.0 Å². The van der Waals surface area contributed by atoms with Crippen LogP contribution in [0.4, 0.5) is 5.69 Å². The highest BCUT2D eigenvalue weighted by Gasteiger charge is 2.32. The van der Waals surface area contributed by atoms with Gasteiger partial charge < -0.3 is 14.6 Å². The van der Waals surface area contributed by atoms with Crippen molar-refractivity contribution in [1.82, 2.24) is 10.3 Å². The maximum absolute atomic E-state index is 14.5. The molecule has 1 saturated heterocycles. The molecular formula is C38H36ClN3O2. The highest BCUT2D eigenvalue weighted by atomic mass is 35.5. The number of anilines is 1. The lowest BCUT2D eigenvalue weighted by Crippen LogP contribution is -2.30. The largest absolute Gasteiger partial charge is 0.451 e. The van der Waals surface area contributed by atoms with E-state index in [0.29, 0.717) is 35.4 Å². The highest BCUT2D eigenvalue weighted by Crippen LogP contribution is 2.39. The Labute approximate surface area is 263 Å². The second kappa shape index (κ2) is 12.8. The van der Waals surface area contributed by atoms with Crippen molar-refractivity contribution >= 4 is 23.2 Å². The molecule has 2 aliphatic heterocycles. The first-order chi connectivity index (χ1) is 21.6. The molecule has 0 radical (unpaired) electrons. The third-order valence-corrected chi connectivity index (χ3v) is 9.26. The third kappa shape index (κ3) is 5.95. The van der Waals surface area contributed by atoms with Crippen molar-refractivity contribution in [2.75, 3.05) is 18.0 Å². The van der Waals surface area contributed by atoms with Gasteiger partial charge in [-0.1, -0.05) is 60.5 Å². The molecule has 1 N–H and O–H groups in total. The number of fused-ring (bicyclic) bond motifs is 2. The van der Waals surface area contributed by atoms with Gasteiger partial charge >= 0.3 is 0 Å². The number of halogens is 1. The van der Waals surface area contributed by atoms with Crippen LogP contribution < -0.4 is 10.2 Å². The van der Waals surface area contributed by atoms with E-state index in [0.717, 1.165) is 52.2 Å². The van der Waals surface area contributed by atoms with Crippen LogP contribution in [0.25, 0.3) is 22.5 Å². The molecule has 1 atom stereocenters. The second-order valence-electron chi connectivity index (χ2n) is 11.9. The summed E-state index contributed by atoms with van der Waals surface area (Å²) in [5.41, 5.74) is 8.45. The molecule has 0 spiro atoms. The molecule has 5 nitrogen and oxygen atoms in total. The smallest absolute Gasteiger partial charge is 0.294 e. The van der Waals surface area contributed by atoms with Gasteiger partial charge in [0.15, 0.2) is 5.76 Å². The number of amides is 1. The van der Waals surface area contributed by atoms with Gasteiger partial charge in [-0.25, -0.2) is 0 Å². The van der Waals surface area contributed by atoms with Crippen molar-refractivity contribution in [3.8, 4) is 22.5 Å². The SMILES string of the molecule is O=C1c2oc(-c3ccc(Cl)cc3)cc2Cc2cc(C3CCCCNCCC3)ccc2N1Cc1ccccc1-c1cccnc1. The van der Waals surface area contributed by atoms with E-state index in [4.69, 9.17) is 16.0 Å². The van der Waals surface area contributed by atoms with E-state index in [-0.39, 0.29) is 5.91 Å². The van der Waals surface area contributed by atoms with Gasteiger partial charge in [-0.2, -0.15) is 0 Å². The van der Waals surface area contributed by atoms with Gasteiger partial charge in [0.05, 0.1) is 6.54 Å². The summed E-state index contributed by atoms with van der Waals surface area (Å²) in [7, 11) is 0. The molecule has 44 heavy (non-hydrogen) atoms. The van der Waals surface area contributed by atoms with Gasteiger partial charge in [0.1, 0.15) is 5.76 Å². The predicted octanol–water partition coefficient (Wildman–Crippen LogP) is 9.05. The number of pyridine rings is 1. The van der Waals surface area contributed by atoms with Crippen molar-refractivity contribution in [1.29, 1.82) is 0 Å². The number of hydrogen-bond acceptors (Lipinski definition) is 4. The summed E-state index contributed by atoms with van der Waals surface area (Å²) in [6, 6.07) is 28.7. The molecule has 4 heterocycles. The van der Waals surface area contributed by atoms with E-state index in [1.165, 1.54) is 37.7 Å². The first-order valence-electron chi connectivity index (χ1n) is 15.7. The van der Waals surface area contributed by atoms with Crippen LogP contribution in [0.3, 0.4) is 0 Å². The average Bonchev–Trinajstić information content (AvgIpc) is 3.50. The van der Waals surface area contributed by atoms with Crippen LogP contribution in [0.1, 0.15) is 70.8 Å². The number of aromatic nitrogens is 1. The van der Waals surface area contributed by atoms with Gasteiger partial charge in [0.2, 0.25) is 0 Å². The predicted molar refractivity (Wildman–Crippen MR) is 177 cm³/mol. The first-order valence-corrected chi connectivity index (χ1v) is 16.0. The minimum atomic E-state index is -0.124. The van der Waals surface area contributed by atoms with Crippen LogP contribution in [0.15, 0.2) is 102 Å². The number of nitrogens with one attached hydrogen (secondary N) is 1. The molecular weight excluding hydrogens is 566 g/mol. The number of hydrogen-bond donors (Lipinski definition) is 1. The molecule has 1 fully saturated rings. The van der Waals surface area contributed by atoms with E-state index in [9.17, 15) is 4.79 Å². The molecule has 6 heteroatoms. The molecule has 0 bridgehead atoms. The Morgan fingerprint density at radius 2 is 1.70 bits per heavy atom. The number of nitrogens with zero attached hydrogens (tertiary/aromatic N) is 2. The zero-order chi connectivity index (χ0) is 29.9. The third-order valence-electron chi connectivity index (χ3n) is 9.00. The number of carbonyl (C=O) groups is 1. The minimum Gasteiger partial charge on any atom is -0.451 e. The first kappa shape index (κ1) is 28.6. The molecule has 222 valence electrons. The Balaban J connectivity index is 1.31. The van der Waals surface area contributed by atoms with Crippen LogP contribution in [0.2, 0.25) is 5.02 Å². The van der Waals surface area contributed by atoms with Crippen molar-refractivity contribution in [3.05, 3.63) is 130 Å². The number of carbonyl (C=O) groups excluding carboxylic acids is 1. The summed E-state index contributed by atoms with van der Waals surface area (Å²) in [5.74, 6) is 1.48. The molecule has 1 amide bonds. The molecule has 0 saturated carbocycles. The molecule has 5 aromatic rings. The maximum Gasteiger partial charge on any atom is 0.294 e. The van der Waals surface area contributed by atoms with Crippen molar-refractivity contribution < 1.29 is 9.21 Å². The van der Waals surface area contributed by atoms with Gasteiger partial charge in [-0.05, 0) is 109 Å². The summed E-state index contributed by atoms with van der Waals surface area (Å²) < 4.78 is 6.38. The molecule has 2 aliphatic rings. The van der Waals surface area contributed by atoms with Crippen molar-refractivity contribution in [2.45, 2.75) is 51.0 Å². The molecule has 7 rings (SSSR count). The van der Waals surface area contributed by atoms with Gasteiger partial charge in [0.25, 0.3) is 5.91 Å². The topological polar surface area (TPSA) is 58.4 Å². The number of benzene rings is 3. The lowest BCUT2D eigenvalue weighted by atomic mass is 9.87. The van der Waals surface area contributed by atoms with Crippen molar-refractivity contribution in [2.24, 2.45) is 0 Å². The summed E-state index contributed by atoms with van der Waals surface area (Å²) >= 11 is 6.16. The maximum atomic E-state index is 14.5. The standard InChI is InChI=1S/C38H36ClN3O2/c39-33-15-12-27(13-16-33)36-23-32-22-31-21-28(26-7-3-4-18-40-19-5-9-26)14-17-35(31)42(38(43)37(32)44-36)25-30-8-1-2-11-34(30)29-10-6-20-41-24-29/h1-2,6,8,10-17,20-21,23-24,26,40H,3-5,7,9,18-19,22,25H2. The van der Waals surface area contributed by atoms with E-state index in [2.05, 4.69) is 46.7 Å². The quantitative estimate of drug-likeness (QED) is 0.218. The summed E-state index contributed by atoms with van der Waals surface area (Å²) in [4.78, 5) is 20.7. The minimum absolute atomic E-state index is 0.124. The van der Waals surface area contributed by atoms with E-state index >= 15 is 0 Å².